The molecule has 5 atom stereocenters. The molecular weight excluding hydrogens is 562 g/mol. The van der Waals surface area contributed by atoms with Gasteiger partial charge in [-0.3, -0.25) is 9.59 Å². The van der Waals surface area contributed by atoms with Crippen LogP contribution in [0.25, 0.3) is 0 Å². The lowest BCUT2D eigenvalue weighted by Gasteiger charge is -2.39. The van der Waals surface area contributed by atoms with E-state index in [0.717, 1.165) is 32.1 Å². The Hall–Kier alpha value is -3.75. The maximum absolute atomic E-state index is 12.2. The number of anilines is 1. The maximum Gasteiger partial charge on any atom is 0.407 e. The lowest BCUT2D eigenvalue weighted by atomic mass is 9.99. The number of hydrogen-bond donors (Lipinski definition) is 7. The Morgan fingerprint density at radius 3 is 2.21 bits per heavy atom. The second kappa shape index (κ2) is 18.0. The minimum atomic E-state index is -1.55. The van der Waals surface area contributed by atoms with Crippen LogP contribution in [-0.2, 0) is 14.3 Å². The van der Waals surface area contributed by atoms with Crippen LogP contribution < -0.4 is 20.7 Å². The summed E-state index contributed by atoms with van der Waals surface area (Å²) in [6.45, 7) is 0.423. The Balaban J connectivity index is 1.20. The molecule has 7 N–H and O–H groups in total. The Morgan fingerprint density at radius 1 is 0.791 bits per heavy atom. The third-order valence-corrected chi connectivity index (χ3v) is 6.74. The van der Waals surface area contributed by atoms with Crippen LogP contribution in [0.5, 0.6) is 5.75 Å². The molecule has 1 aliphatic rings. The first-order valence-electron chi connectivity index (χ1n) is 14.4. The topological polar surface area (TPSA) is 196 Å². The van der Waals surface area contributed by atoms with Crippen molar-refractivity contribution in [2.45, 2.75) is 69.2 Å². The highest BCUT2D eigenvalue weighted by molar-refractivity contribution is 5.94. The van der Waals surface area contributed by atoms with E-state index in [9.17, 15) is 34.8 Å². The summed E-state index contributed by atoms with van der Waals surface area (Å²) in [5.74, 6) is -0.142. The van der Waals surface area contributed by atoms with E-state index < -0.39 is 43.4 Å². The quantitative estimate of drug-likeness (QED) is 0.137. The van der Waals surface area contributed by atoms with Crippen LogP contribution in [0.3, 0.4) is 0 Å². The van der Waals surface area contributed by atoms with E-state index in [1.165, 1.54) is 12.1 Å². The second-order valence-electron chi connectivity index (χ2n) is 10.1. The number of rotatable bonds is 16. The van der Waals surface area contributed by atoms with Gasteiger partial charge in [0, 0.05) is 30.8 Å². The summed E-state index contributed by atoms with van der Waals surface area (Å²) in [7, 11) is 0. The third kappa shape index (κ3) is 11.5. The molecule has 2 aromatic rings. The molecule has 1 fully saturated rings. The number of ether oxygens (including phenoxy) is 3. The molecule has 0 saturated carbocycles. The average molecular weight is 604 g/mol. The van der Waals surface area contributed by atoms with E-state index in [4.69, 9.17) is 14.2 Å². The monoisotopic (exact) mass is 603 g/mol. The molecule has 0 bridgehead atoms. The summed E-state index contributed by atoms with van der Waals surface area (Å²) in [4.78, 5) is 36.0. The van der Waals surface area contributed by atoms with Crippen molar-refractivity contribution < 1.29 is 49.0 Å². The SMILES string of the molecule is O=C(CCNC(=O)OCCCCCCCNC(=O)c1ccccc1)Nc1ccc(OC2OC(CO)C(O)C(O)C2O)cc1. The van der Waals surface area contributed by atoms with Crippen molar-refractivity contribution in [3.63, 3.8) is 0 Å². The highest BCUT2D eigenvalue weighted by atomic mass is 16.7. The molecule has 0 spiro atoms. The summed E-state index contributed by atoms with van der Waals surface area (Å²) >= 11 is 0. The number of aliphatic hydroxyl groups is 4. The lowest BCUT2D eigenvalue weighted by molar-refractivity contribution is -0.277. The fourth-order valence-electron chi connectivity index (χ4n) is 4.28. The molecular formula is C30H41N3O10. The molecule has 0 radical (unpaired) electrons. The Labute approximate surface area is 250 Å². The van der Waals surface area contributed by atoms with Crippen molar-refractivity contribution in [1.82, 2.24) is 10.6 Å². The van der Waals surface area contributed by atoms with Crippen molar-refractivity contribution in [2.75, 3.05) is 31.6 Å². The lowest BCUT2D eigenvalue weighted by Crippen LogP contribution is -2.60. The first-order chi connectivity index (χ1) is 20.8. The molecule has 43 heavy (non-hydrogen) atoms. The van der Waals surface area contributed by atoms with Crippen LogP contribution in [0.15, 0.2) is 54.6 Å². The fraction of sp³-hybridized carbons (Fsp3) is 0.500. The smallest absolute Gasteiger partial charge is 0.407 e. The molecule has 1 aliphatic heterocycles. The van der Waals surface area contributed by atoms with Gasteiger partial charge in [-0.15, -0.1) is 0 Å². The molecule has 236 valence electrons. The Kier molecular flexibility index (Phi) is 14.2. The van der Waals surface area contributed by atoms with Crippen LogP contribution in [0.2, 0.25) is 0 Å². The van der Waals surface area contributed by atoms with Gasteiger partial charge in [-0.25, -0.2) is 4.79 Å². The van der Waals surface area contributed by atoms with E-state index in [2.05, 4.69) is 16.0 Å². The number of aliphatic hydroxyl groups excluding tert-OH is 4. The average Bonchev–Trinajstić information content (AvgIpc) is 3.01. The van der Waals surface area contributed by atoms with Gasteiger partial charge in [0.25, 0.3) is 5.91 Å². The molecule has 0 aromatic heterocycles. The number of unbranched alkanes of at least 4 members (excludes halogenated alkanes) is 4. The molecule has 3 rings (SSSR count). The summed E-state index contributed by atoms with van der Waals surface area (Å²) in [6, 6.07) is 15.2. The molecule has 3 amide bonds. The number of amides is 3. The van der Waals surface area contributed by atoms with Crippen molar-refractivity contribution >= 4 is 23.6 Å². The van der Waals surface area contributed by atoms with Gasteiger partial charge in [-0.1, -0.05) is 37.5 Å². The van der Waals surface area contributed by atoms with Crippen molar-refractivity contribution in [1.29, 1.82) is 0 Å². The van der Waals surface area contributed by atoms with Gasteiger partial charge < -0.3 is 50.6 Å². The van der Waals surface area contributed by atoms with E-state index in [1.807, 2.05) is 18.2 Å². The van der Waals surface area contributed by atoms with Gasteiger partial charge in [0.2, 0.25) is 12.2 Å². The second-order valence-corrected chi connectivity index (χ2v) is 10.1. The van der Waals surface area contributed by atoms with Gasteiger partial charge >= 0.3 is 6.09 Å². The largest absolute Gasteiger partial charge is 0.462 e. The molecule has 1 saturated heterocycles. The number of hydrogen-bond acceptors (Lipinski definition) is 10. The van der Waals surface area contributed by atoms with E-state index in [0.29, 0.717) is 17.8 Å². The van der Waals surface area contributed by atoms with E-state index >= 15 is 0 Å². The van der Waals surface area contributed by atoms with Crippen LogP contribution in [0, 0.1) is 0 Å². The zero-order chi connectivity index (χ0) is 31.0. The third-order valence-electron chi connectivity index (χ3n) is 6.74. The number of benzene rings is 2. The minimum Gasteiger partial charge on any atom is -0.462 e. The van der Waals surface area contributed by atoms with Gasteiger partial charge in [0.05, 0.1) is 13.2 Å². The number of alkyl carbamates (subject to hydrolysis) is 1. The summed E-state index contributed by atoms with van der Waals surface area (Å²) in [5, 5.41) is 47.2. The number of carbonyl (C=O) groups excluding carboxylic acids is 3. The summed E-state index contributed by atoms with van der Waals surface area (Å²) in [6.07, 6.45) is -3.11. The first-order valence-corrected chi connectivity index (χ1v) is 14.4. The normalized spacial score (nSPS) is 21.4. The number of carbonyl (C=O) groups is 3. The van der Waals surface area contributed by atoms with Crippen molar-refractivity contribution in [3.05, 3.63) is 60.2 Å². The molecule has 5 unspecified atom stereocenters. The van der Waals surface area contributed by atoms with Crippen LogP contribution in [-0.4, -0.2) is 95.3 Å². The molecule has 2 aromatic carbocycles. The van der Waals surface area contributed by atoms with Crippen LogP contribution in [0.1, 0.15) is 48.9 Å². The Morgan fingerprint density at radius 2 is 1.49 bits per heavy atom. The van der Waals surface area contributed by atoms with Crippen molar-refractivity contribution in [2.24, 2.45) is 0 Å². The van der Waals surface area contributed by atoms with E-state index in [1.54, 1.807) is 24.3 Å². The van der Waals surface area contributed by atoms with Gasteiger partial charge in [-0.05, 0) is 49.2 Å². The zero-order valence-electron chi connectivity index (χ0n) is 23.9. The minimum absolute atomic E-state index is 0.0268. The van der Waals surface area contributed by atoms with Crippen LogP contribution >= 0.6 is 0 Å². The highest BCUT2D eigenvalue weighted by Gasteiger charge is 2.44. The number of nitrogens with one attached hydrogen (secondary N) is 3. The highest BCUT2D eigenvalue weighted by Crippen LogP contribution is 2.25. The standard InChI is InChI=1S/C30H41N3O10/c34-19-23-25(36)26(37)27(38)29(43-23)42-22-13-11-21(12-14-22)33-24(35)15-17-32-30(40)41-18-8-3-1-2-7-16-31-28(39)20-9-5-4-6-10-20/h4-6,9-14,23,25-27,29,34,36-38H,1-3,7-8,15-19H2,(H,31,39)(H,32,40)(H,33,35). The predicted octanol–water partition coefficient (Wildman–Crippen LogP) is 1.30. The summed E-state index contributed by atoms with van der Waals surface area (Å²) in [5.41, 5.74) is 1.11. The van der Waals surface area contributed by atoms with E-state index in [-0.39, 0.29) is 37.1 Å². The summed E-state index contributed by atoms with van der Waals surface area (Å²) < 4.78 is 16.0. The maximum atomic E-state index is 12.2. The van der Waals surface area contributed by atoms with Gasteiger partial charge in [0.1, 0.15) is 30.2 Å². The van der Waals surface area contributed by atoms with Gasteiger partial charge in [-0.2, -0.15) is 0 Å². The predicted molar refractivity (Wildman–Crippen MR) is 155 cm³/mol. The van der Waals surface area contributed by atoms with Gasteiger partial charge in [0.15, 0.2) is 0 Å². The van der Waals surface area contributed by atoms with Crippen LogP contribution in [0.4, 0.5) is 10.5 Å². The fourth-order valence-corrected chi connectivity index (χ4v) is 4.28. The van der Waals surface area contributed by atoms with Crippen molar-refractivity contribution in [3.8, 4) is 5.75 Å². The Bertz CT molecular complexity index is 1130. The molecule has 1 heterocycles. The molecule has 13 heteroatoms. The first kappa shape index (κ1) is 33.7. The molecule has 0 aliphatic carbocycles. The molecule has 13 nitrogen and oxygen atoms in total. The zero-order valence-corrected chi connectivity index (χ0v) is 23.9.